The van der Waals surface area contributed by atoms with Crippen LogP contribution in [0.4, 0.5) is 5.69 Å². The molecular formula is C10H11BrN2O. The van der Waals surface area contributed by atoms with Gasteiger partial charge < -0.3 is 10.0 Å². The minimum absolute atomic E-state index is 0.114. The van der Waals surface area contributed by atoms with Crippen molar-refractivity contribution in [2.75, 3.05) is 25.1 Å². The molecule has 74 valence electrons. The lowest BCUT2D eigenvalue weighted by Gasteiger charge is -2.19. The summed E-state index contributed by atoms with van der Waals surface area (Å²) >= 11 is 3.38. The number of aliphatic hydroxyl groups is 1. The largest absolute Gasteiger partial charge is 0.395 e. The molecule has 0 heterocycles. The summed E-state index contributed by atoms with van der Waals surface area (Å²) in [6.07, 6.45) is 0. The molecule has 0 spiro atoms. The van der Waals surface area contributed by atoms with Crippen LogP contribution in [0.2, 0.25) is 0 Å². The smallest absolute Gasteiger partial charge is 0.0992 e. The number of anilines is 1. The predicted molar refractivity (Wildman–Crippen MR) is 59.2 cm³/mol. The molecule has 0 amide bonds. The molecule has 1 rings (SSSR count). The van der Waals surface area contributed by atoms with Crippen LogP contribution in [0.1, 0.15) is 5.56 Å². The quantitative estimate of drug-likeness (QED) is 0.895. The van der Waals surface area contributed by atoms with E-state index in [1.165, 1.54) is 0 Å². The molecule has 0 bridgehead atoms. The van der Waals surface area contributed by atoms with Crippen molar-refractivity contribution in [1.82, 2.24) is 0 Å². The third-order valence-electron chi connectivity index (χ3n) is 1.92. The van der Waals surface area contributed by atoms with Gasteiger partial charge in [-0.3, -0.25) is 0 Å². The van der Waals surface area contributed by atoms with Gasteiger partial charge in [0.15, 0.2) is 0 Å². The van der Waals surface area contributed by atoms with Crippen molar-refractivity contribution in [3.05, 3.63) is 28.2 Å². The molecule has 0 aliphatic carbocycles. The standard InChI is InChI=1S/C10H11BrN2O/c1-13(4-5-14)10-3-2-8(7-12)6-9(10)11/h2-3,6,14H,4-5H2,1H3. The maximum absolute atomic E-state index is 8.78. The van der Waals surface area contributed by atoms with Gasteiger partial charge in [0.2, 0.25) is 0 Å². The number of hydrogen-bond acceptors (Lipinski definition) is 3. The van der Waals surface area contributed by atoms with Crippen molar-refractivity contribution >= 4 is 21.6 Å². The Bertz CT molecular complexity index is 360. The van der Waals surface area contributed by atoms with Gasteiger partial charge in [-0.25, -0.2) is 0 Å². The molecule has 0 fully saturated rings. The first-order valence-electron chi connectivity index (χ1n) is 4.20. The summed E-state index contributed by atoms with van der Waals surface area (Å²) in [6.45, 7) is 0.688. The van der Waals surface area contributed by atoms with E-state index in [9.17, 15) is 0 Å². The maximum Gasteiger partial charge on any atom is 0.0992 e. The second kappa shape index (κ2) is 4.99. The van der Waals surface area contributed by atoms with Crippen LogP contribution in [0.15, 0.2) is 22.7 Å². The maximum atomic E-state index is 8.78. The van der Waals surface area contributed by atoms with Crippen molar-refractivity contribution in [3.63, 3.8) is 0 Å². The van der Waals surface area contributed by atoms with Crippen LogP contribution in [0.3, 0.4) is 0 Å². The summed E-state index contributed by atoms with van der Waals surface area (Å²) in [4.78, 5) is 1.92. The number of benzene rings is 1. The van der Waals surface area contributed by atoms with Crippen LogP contribution >= 0.6 is 15.9 Å². The van der Waals surface area contributed by atoms with Gasteiger partial charge in [-0.2, -0.15) is 5.26 Å². The van der Waals surface area contributed by atoms with E-state index in [2.05, 4.69) is 22.0 Å². The molecule has 1 aromatic carbocycles. The molecule has 0 atom stereocenters. The lowest BCUT2D eigenvalue weighted by atomic mass is 10.2. The van der Waals surface area contributed by atoms with E-state index in [0.717, 1.165) is 10.2 Å². The van der Waals surface area contributed by atoms with Crippen LogP contribution in [-0.4, -0.2) is 25.3 Å². The fourth-order valence-corrected chi connectivity index (χ4v) is 1.84. The number of hydrogen-bond donors (Lipinski definition) is 1. The van der Waals surface area contributed by atoms with Gasteiger partial charge in [-0.05, 0) is 34.1 Å². The molecule has 4 heteroatoms. The number of nitriles is 1. The highest BCUT2D eigenvalue weighted by molar-refractivity contribution is 9.10. The molecule has 1 aromatic rings. The molecule has 0 aliphatic rings. The van der Waals surface area contributed by atoms with E-state index in [-0.39, 0.29) is 6.61 Å². The fraction of sp³-hybridized carbons (Fsp3) is 0.300. The minimum Gasteiger partial charge on any atom is -0.395 e. The molecule has 0 saturated heterocycles. The summed E-state index contributed by atoms with van der Waals surface area (Å²) in [7, 11) is 1.89. The van der Waals surface area contributed by atoms with Gasteiger partial charge in [-0.1, -0.05) is 0 Å². The van der Waals surface area contributed by atoms with Gasteiger partial charge in [-0.15, -0.1) is 0 Å². The zero-order valence-electron chi connectivity index (χ0n) is 7.87. The number of aliphatic hydroxyl groups excluding tert-OH is 1. The summed E-state index contributed by atoms with van der Waals surface area (Å²) in [5, 5.41) is 17.5. The van der Waals surface area contributed by atoms with E-state index in [1.54, 1.807) is 12.1 Å². The number of nitrogens with zero attached hydrogens (tertiary/aromatic N) is 2. The molecule has 14 heavy (non-hydrogen) atoms. The van der Waals surface area contributed by atoms with E-state index in [4.69, 9.17) is 10.4 Å². The minimum atomic E-state index is 0.114. The highest BCUT2D eigenvalue weighted by Crippen LogP contribution is 2.25. The van der Waals surface area contributed by atoms with Gasteiger partial charge in [0.05, 0.1) is 23.9 Å². The van der Waals surface area contributed by atoms with Crippen molar-refractivity contribution < 1.29 is 5.11 Å². The van der Waals surface area contributed by atoms with E-state index in [0.29, 0.717) is 12.1 Å². The van der Waals surface area contributed by atoms with Gasteiger partial charge in [0.25, 0.3) is 0 Å². The SMILES string of the molecule is CN(CCO)c1ccc(C#N)cc1Br. The second-order valence-corrected chi connectivity index (χ2v) is 3.78. The normalized spacial score (nSPS) is 9.57. The van der Waals surface area contributed by atoms with Crippen LogP contribution < -0.4 is 4.90 Å². The first kappa shape index (κ1) is 11.0. The summed E-state index contributed by atoms with van der Waals surface area (Å²) in [5.74, 6) is 0. The third kappa shape index (κ3) is 2.47. The molecule has 1 N–H and O–H groups in total. The Morgan fingerprint density at radius 1 is 1.57 bits per heavy atom. The van der Waals surface area contributed by atoms with Gasteiger partial charge in [0.1, 0.15) is 0 Å². The second-order valence-electron chi connectivity index (χ2n) is 2.92. The highest BCUT2D eigenvalue weighted by Gasteiger charge is 2.05. The zero-order chi connectivity index (χ0) is 10.6. The van der Waals surface area contributed by atoms with Crippen molar-refractivity contribution in [3.8, 4) is 6.07 Å². The molecule has 0 aliphatic heterocycles. The predicted octanol–water partition coefficient (Wildman–Crippen LogP) is 1.75. The van der Waals surface area contributed by atoms with Crippen LogP contribution in [0, 0.1) is 11.3 Å². The summed E-state index contributed by atoms with van der Waals surface area (Å²) in [5.41, 5.74) is 1.59. The summed E-state index contributed by atoms with van der Waals surface area (Å²) < 4.78 is 0.868. The van der Waals surface area contributed by atoms with Crippen molar-refractivity contribution in [2.45, 2.75) is 0 Å². The van der Waals surface area contributed by atoms with Crippen LogP contribution in [0.5, 0.6) is 0 Å². The fourth-order valence-electron chi connectivity index (χ4n) is 1.16. The number of likely N-dealkylation sites (N-methyl/N-ethyl adjacent to an activating group) is 1. The lowest BCUT2D eigenvalue weighted by Crippen LogP contribution is -2.21. The Morgan fingerprint density at radius 2 is 2.29 bits per heavy atom. The molecule has 0 aromatic heterocycles. The molecule has 0 unspecified atom stereocenters. The Hall–Kier alpha value is -1.05. The van der Waals surface area contributed by atoms with Crippen molar-refractivity contribution in [1.29, 1.82) is 5.26 Å². The van der Waals surface area contributed by atoms with Gasteiger partial charge in [0, 0.05) is 18.1 Å². The molecule has 0 radical (unpaired) electrons. The first-order valence-corrected chi connectivity index (χ1v) is 5.00. The Morgan fingerprint density at radius 3 is 2.79 bits per heavy atom. The third-order valence-corrected chi connectivity index (χ3v) is 2.56. The lowest BCUT2D eigenvalue weighted by molar-refractivity contribution is 0.304. The molecular weight excluding hydrogens is 244 g/mol. The Balaban J connectivity index is 2.95. The van der Waals surface area contributed by atoms with Crippen LogP contribution in [-0.2, 0) is 0 Å². The Kier molecular flexibility index (Phi) is 3.93. The van der Waals surface area contributed by atoms with E-state index < -0.39 is 0 Å². The van der Waals surface area contributed by atoms with E-state index >= 15 is 0 Å². The average molecular weight is 255 g/mol. The molecule has 3 nitrogen and oxygen atoms in total. The van der Waals surface area contributed by atoms with Crippen molar-refractivity contribution in [2.24, 2.45) is 0 Å². The average Bonchev–Trinajstić information content (AvgIpc) is 2.17. The summed E-state index contributed by atoms with van der Waals surface area (Å²) in [6, 6.07) is 7.45. The molecule has 0 saturated carbocycles. The highest BCUT2D eigenvalue weighted by atomic mass is 79.9. The Labute approximate surface area is 91.7 Å². The van der Waals surface area contributed by atoms with Crippen LogP contribution in [0.25, 0.3) is 0 Å². The first-order chi connectivity index (χ1) is 6.69. The monoisotopic (exact) mass is 254 g/mol. The number of rotatable bonds is 3. The topological polar surface area (TPSA) is 47.3 Å². The van der Waals surface area contributed by atoms with E-state index in [1.807, 2.05) is 18.0 Å². The van der Waals surface area contributed by atoms with Gasteiger partial charge >= 0.3 is 0 Å². The number of halogens is 1. The zero-order valence-corrected chi connectivity index (χ0v) is 9.45.